The molecule has 1 aromatic carbocycles. The van der Waals surface area contributed by atoms with Crippen LogP contribution in [0.4, 0.5) is 0 Å². The fraction of sp³-hybridized carbons (Fsp3) is 0.308. The maximum atomic E-state index is 6.16. The third kappa shape index (κ3) is 2.22. The molecular formula is C13H15ClN4O2. The van der Waals surface area contributed by atoms with Crippen LogP contribution in [-0.4, -0.2) is 22.5 Å². The van der Waals surface area contributed by atoms with Gasteiger partial charge in [-0.2, -0.15) is 5.10 Å². The molecule has 0 aliphatic carbocycles. The molecular weight excluding hydrogens is 280 g/mol. The topological polar surface area (TPSA) is 74.3 Å². The molecule has 1 aliphatic heterocycles. The number of nitrogens with one attached hydrogen (secondary N) is 1. The van der Waals surface area contributed by atoms with E-state index in [1.165, 1.54) is 0 Å². The largest absolute Gasteiger partial charge is 0.486 e. The molecule has 106 valence electrons. The Balaban J connectivity index is 1.89. The van der Waals surface area contributed by atoms with Gasteiger partial charge in [0.1, 0.15) is 12.6 Å². The maximum Gasteiger partial charge on any atom is 0.161 e. The van der Waals surface area contributed by atoms with Crippen LogP contribution in [0.5, 0.6) is 11.5 Å². The highest BCUT2D eigenvalue weighted by Gasteiger charge is 2.32. The SMILES string of the molecule is Cn1ncc(Cl)c1C(NN)C1COc2ccccc2O1. The molecule has 0 radical (unpaired) electrons. The van der Waals surface area contributed by atoms with Crippen LogP contribution in [-0.2, 0) is 7.05 Å². The number of nitrogens with zero attached hydrogens (tertiary/aromatic N) is 2. The first-order valence-electron chi connectivity index (χ1n) is 6.22. The van der Waals surface area contributed by atoms with Crippen molar-refractivity contribution in [3.05, 3.63) is 41.2 Å². The van der Waals surface area contributed by atoms with Crippen molar-refractivity contribution in [3.63, 3.8) is 0 Å². The predicted molar refractivity (Wildman–Crippen MR) is 74.6 cm³/mol. The minimum atomic E-state index is -0.316. The minimum Gasteiger partial charge on any atom is -0.486 e. The summed E-state index contributed by atoms with van der Waals surface area (Å²) in [6.07, 6.45) is 1.29. The molecule has 1 aromatic heterocycles. The van der Waals surface area contributed by atoms with E-state index < -0.39 is 0 Å². The van der Waals surface area contributed by atoms with Gasteiger partial charge in [-0.3, -0.25) is 10.5 Å². The summed E-state index contributed by atoms with van der Waals surface area (Å²) in [5.41, 5.74) is 3.50. The first-order chi connectivity index (χ1) is 9.70. The molecule has 0 saturated heterocycles. The summed E-state index contributed by atoms with van der Waals surface area (Å²) in [6.45, 7) is 0.382. The predicted octanol–water partition coefficient (Wildman–Crippen LogP) is 1.42. The van der Waals surface area contributed by atoms with E-state index in [2.05, 4.69) is 10.5 Å². The molecule has 6 nitrogen and oxygen atoms in total. The van der Waals surface area contributed by atoms with Gasteiger partial charge < -0.3 is 9.47 Å². The van der Waals surface area contributed by atoms with E-state index in [-0.39, 0.29) is 12.1 Å². The van der Waals surface area contributed by atoms with Gasteiger partial charge in [-0.25, -0.2) is 5.43 Å². The summed E-state index contributed by atoms with van der Waals surface area (Å²) in [4.78, 5) is 0. The summed E-state index contributed by atoms with van der Waals surface area (Å²) in [7, 11) is 1.81. The van der Waals surface area contributed by atoms with E-state index in [9.17, 15) is 0 Å². The molecule has 20 heavy (non-hydrogen) atoms. The summed E-state index contributed by atoms with van der Waals surface area (Å²) >= 11 is 6.16. The zero-order valence-electron chi connectivity index (χ0n) is 10.9. The van der Waals surface area contributed by atoms with Gasteiger partial charge in [0.15, 0.2) is 17.6 Å². The lowest BCUT2D eigenvalue weighted by Crippen LogP contribution is -2.45. The number of nitrogens with two attached hydrogens (primary N) is 1. The monoisotopic (exact) mass is 294 g/mol. The summed E-state index contributed by atoms with van der Waals surface area (Å²) in [5, 5.41) is 4.66. The number of hydrogen-bond donors (Lipinski definition) is 2. The second kappa shape index (κ2) is 5.32. The van der Waals surface area contributed by atoms with Crippen LogP contribution < -0.4 is 20.7 Å². The molecule has 2 heterocycles. The van der Waals surface area contributed by atoms with E-state index in [4.69, 9.17) is 26.9 Å². The molecule has 0 amide bonds. The third-order valence-corrected chi connectivity index (χ3v) is 3.61. The van der Waals surface area contributed by atoms with Crippen molar-refractivity contribution in [2.45, 2.75) is 12.1 Å². The van der Waals surface area contributed by atoms with Gasteiger partial charge in [-0.05, 0) is 12.1 Å². The molecule has 2 aromatic rings. The standard InChI is InChI=1S/C13H15ClN4O2/c1-18-13(8(14)6-16-18)12(17-15)11-7-19-9-4-2-3-5-10(9)20-11/h2-6,11-12,17H,7,15H2,1H3. The highest BCUT2D eigenvalue weighted by molar-refractivity contribution is 6.31. The van der Waals surface area contributed by atoms with Crippen LogP contribution in [0, 0.1) is 0 Å². The molecule has 1 aliphatic rings. The summed E-state index contributed by atoms with van der Waals surface area (Å²) in [5.74, 6) is 7.10. The van der Waals surface area contributed by atoms with Gasteiger partial charge in [-0.15, -0.1) is 0 Å². The van der Waals surface area contributed by atoms with Gasteiger partial charge in [0.25, 0.3) is 0 Å². The lowest BCUT2D eigenvalue weighted by molar-refractivity contribution is 0.0595. The molecule has 2 unspecified atom stereocenters. The van der Waals surface area contributed by atoms with Crippen LogP contribution in [0.15, 0.2) is 30.5 Å². The zero-order valence-corrected chi connectivity index (χ0v) is 11.7. The quantitative estimate of drug-likeness (QED) is 0.661. The van der Waals surface area contributed by atoms with Crippen molar-refractivity contribution in [1.29, 1.82) is 0 Å². The normalized spacial score (nSPS) is 18.9. The number of fused-ring (bicyclic) bond motifs is 1. The maximum absolute atomic E-state index is 6.16. The van der Waals surface area contributed by atoms with Gasteiger partial charge in [-0.1, -0.05) is 23.7 Å². The number of hydrogen-bond acceptors (Lipinski definition) is 5. The Bertz CT molecular complexity index is 597. The van der Waals surface area contributed by atoms with Crippen LogP contribution in [0.25, 0.3) is 0 Å². The number of aromatic nitrogens is 2. The van der Waals surface area contributed by atoms with E-state index in [0.717, 1.165) is 11.4 Å². The first-order valence-corrected chi connectivity index (χ1v) is 6.60. The Morgan fingerprint density at radius 1 is 1.45 bits per heavy atom. The van der Waals surface area contributed by atoms with E-state index in [1.54, 1.807) is 10.9 Å². The number of ether oxygens (including phenoxy) is 2. The number of rotatable bonds is 3. The van der Waals surface area contributed by atoms with Crippen molar-refractivity contribution in [2.24, 2.45) is 12.9 Å². The lowest BCUT2D eigenvalue weighted by Gasteiger charge is -2.32. The van der Waals surface area contributed by atoms with Gasteiger partial charge in [0, 0.05) is 7.05 Å². The smallest absolute Gasteiger partial charge is 0.161 e. The molecule has 0 saturated carbocycles. The van der Waals surface area contributed by atoms with Crippen LogP contribution >= 0.6 is 11.6 Å². The number of hydrazine groups is 1. The number of halogens is 1. The Labute approximate surface area is 121 Å². The van der Waals surface area contributed by atoms with Gasteiger partial charge in [0.05, 0.1) is 16.9 Å². The Kier molecular flexibility index (Phi) is 3.52. The highest BCUT2D eigenvalue weighted by Crippen LogP contribution is 2.35. The molecule has 0 spiro atoms. The fourth-order valence-corrected chi connectivity index (χ4v) is 2.62. The van der Waals surface area contributed by atoms with E-state index >= 15 is 0 Å². The van der Waals surface area contributed by atoms with Crippen molar-refractivity contribution in [1.82, 2.24) is 15.2 Å². The highest BCUT2D eigenvalue weighted by atomic mass is 35.5. The molecule has 2 atom stereocenters. The number of para-hydroxylation sites is 2. The van der Waals surface area contributed by atoms with Crippen molar-refractivity contribution in [3.8, 4) is 11.5 Å². The molecule has 3 N–H and O–H groups in total. The fourth-order valence-electron chi connectivity index (χ4n) is 2.33. The van der Waals surface area contributed by atoms with Crippen LogP contribution in [0.3, 0.4) is 0 Å². The minimum absolute atomic E-state index is 0.289. The zero-order chi connectivity index (χ0) is 14.1. The van der Waals surface area contributed by atoms with E-state index in [0.29, 0.717) is 17.4 Å². The third-order valence-electron chi connectivity index (χ3n) is 3.31. The Morgan fingerprint density at radius 2 is 2.20 bits per heavy atom. The summed E-state index contributed by atoms with van der Waals surface area (Å²) in [6, 6.07) is 7.21. The first kappa shape index (κ1) is 13.2. The van der Waals surface area contributed by atoms with Crippen LogP contribution in [0.2, 0.25) is 5.02 Å². The van der Waals surface area contributed by atoms with Crippen LogP contribution in [0.1, 0.15) is 11.7 Å². The van der Waals surface area contributed by atoms with Crippen molar-refractivity contribution in [2.75, 3.05) is 6.61 Å². The molecule has 7 heteroatoms. The average molecular weight is 295 g/mol. The molecule has 0 bridgehead atoms. The van der Waals surface area contributed by atoms with Gasteiger partial charge in [0.2, 0.25) is 0 Å². The van der Waals surface area contributed by atoms with Crippen molar-refractivity contribution < 1.29 is 9.47 Å². The average Bonchev–Trinajstić information content (AvgIpc) is 2.80. The second-order valence-electron chi connectivity index (χ2n) is 4.56. The summed E-state index contributed by atoms with van der Waals surface area (Å²) < 4.78 is 13.3. The molecule has 3 rings (SSSR count). The lowest BCUT2D eigenvalue weighted by atomic mass is 10.1. The second-order valence-corrected chi connectivity index (χ2v) is 4.97. The Morgan fingerprint density at radius 3 is 2.85 bits per heavy atom. The number of benzene rings is 1. The van der Waals surface area contributed by atoms with E-state index in [1.807, 2.05) is 31.3 Å². The Hall–Kier alpha value is -1.76. The molecule has 0 fully saturated rings. The van der Waals surface area contributed by atoms with Crippen molar-refractivity contribution >= 4 is 11.6 Å². The number of aryl methyl sites for hydroxylation is 1. The van der Waals surface area contributed by atoms with Gasteiger partial charge >= 0.3 is 0 Å².